The fourth-order valence-electron chi connectivity index (χ4n) is 1.05. The third-order valence-electron chi connectivity index (χ3n) is 1.63. The number of amides is 1. The van der Waals surface area contributed by atoms with Crippen molar-refractivity contribution in [3.05, 3.63) is 0 Å². The molecule has 1 aliphatic heterocycles. The predicted octanol–water partition coefficient (Wildman–Crippen LogP) is -0.988. The highest BCUT2D eigenvalue weighted by Crippen LogP contribution is 2.18. The maximum Gasteiger partial charge on any atom is 0.246 e. The normalized spacial score (nSPS) is 32.5. The SMILES string of the molecule is NC(=O)C1CCC(CO)O1. The quantitative estimate of drug-likeness (QED) is 0.524. The first-order valence-corrected chi connectivity index (χ1v) is 3.29. The Morgan fingerprint density at radius 1 is 1.70 bits per heavy atom. The minimum absolute atomic E-state index is 0.0240. The van der Waals surface area contributed by atoms with Gasteiger partial charge in [0.05, 0.1) is 12.7 Å². The summed E-state index contributed by atoms with van der Waals surface area (Å²) in [6.07, 6.45) is 0.708. The summed E-state index contributed by atoms with van der Waals surface area (Å²) in [7, 11) is 0. The Bertz CT molecular complexity index is 137. The third-order valence-corrected chi connectivity index (χ3v) is 1.63. The van der Waals surface area contributed by atoms with Crippen LogP contribution in [0.1, 0.15) is 12.8 Å². The van der Waals surface area contributed by atoms with E-state index in [1.165, 1.54) is 0 Å². The van der Waals surface area contributed by atoms with Crippen molar-refractivity contribution in [2.24, 2.45) is 5.73 Å². The van der Waals surface area contributed by atoms with E-state index in [9.17, 15) is 4.79 Å². The maximum absolute atomic E-state index is 10.5. The van der Waals surface area contributed by atoms with Crippen LogP contribution in [0, 0.1) is 0 Å². The summed E-state index contributed by atoms with van der Waals surface area (Å²) in [5.41, 5.74) is 4.97. The average molecular weight is 145 g/mol. The molecule has 1 amide bonds. The molecule has 0 aliphatic carbocycles. The number of primary amides is 1. The van der Waals surface area contributed by atoms with E-state index >= 15 is 0 Å². The molecule has 58 valence electrons. The largest absolute Gasteiger partial charge is 0.394 e. The van der Waals surface area contributed by atoms with E-state index in [-0.39, 0.29) is 12.7 Å². The molecule has 0 bridgehead atoms. The maximum atomic E-state index is 10.5. The second kappa shape index (κ2) is 2.98. The lowest BCUT2D eigenvalue weighted by molar-refractivity contribution is -0.129. The Kier molecular flexibility index (Phi) is 2.24. The number of carbonyl (C=O) groups is 1. The van der Waals surface area contributed by atoms with Gasteiger partial charge in [0.1, 0.15) is 6.10 Å². The number of carbonyl (C=O) groups excluding carboxylic acids is 1. The molecule has 1 rings (SSSR count). The molecule has 1 aliphatic rings. The molecule has 2 unspecified atom stereocenters. The van der Waals surface area contributed by atoms with E-state index in [1.807, 2.05) is 0 Å². The highest BCUT2D eigenvalue weighted by atomic mass is 16.5. The zero-order valence-electron chi connectivity index (χ0n) is 5.62. The lowest BCUT2D eigenvalue weighted by Gasteiger charge is -2.06. The molecule has 0 aromatic rings. The molecular weight excluding hydrogens is 134 g/mol. The lowest BCUT2D eigenvalue weighted by atomic mass is 10.2. The molecule has 2 atom stereocenters. The fourth-order valence-corrected chi connectivity index (χ4v) is 1.05. The minimum atomic E-state index is -0.475. The molecule has 4 nitrogen and oxygen atoms in total. The topological polar surface area (TPSA) is 72.6 Å². The van der Waals surface area contributed by atoms with E-state index in [1.54, 1.807) is 0 Å². The van der Waals surface area contributed by atoms with Gasteiger partial charge in [0.25, 0.3) is 0 Å². The monoisotopic (exact) mass is 145 g/mol. The lowest BCUT2D eigenvalue weighted by Crippen LogP contribution is -2.29. The van der Waals surface area contributed by atoms with Crippen LogP contribution < -0.4 is 5.73 Å². The second-order valence-electron chi connectivity index (χ2n) is 2.41. The first-order valence-electron chi connectivity index (χ1n) is 3.29. The Labute approximate surface area is 59.0 Å². The van der Waals surface area contributed by atoms with Crippen molar-refractivity contribution in [1.82, 2.24) is 0 Å². The number of aliphatic hydroxyl groups is 1. The Hall–Kier alpha value is -0.610. The zero-order chi connectivity index (χ0) is 7.56. The van der Waals surface area contributed by atoms with E-state index < -0.39 is 12.0 Å². The molecule has 1 saturated heterocycles. The summed E-state index contributed by atoms with van der Waals surface area (Å²) >= 11 is 0. The molecule has 0 saturated carbocycles. The van der Waals surface area contributed by atoms with Crippen molar-refractivity contribution in [2.75, 3.05) is 6.61 Å². The fraction of sp³-hybridized carbons (Fsp3) is 0.833. The number of hydrogen-bond acceptors (Lipinski definition) is 3. The average Bonchev–Trinajstić information content (AvgIpc) is 2.34. The standard InChI is InChI=1S/C6H11NO3/c7-6(9)5-2-1-4(3-8)10-5/h4-5,8H,1-3H2,(H2,7,9). The summed E-state index contributed by atoms with van der Waals surface area (Å²) in [4.78, 5) is 10.5. The van der Waals surface area contributed by atoms with Crippen LogP contribution in [0.25, 0.3) is 0 Å². The van der Waals surface area contributed by atoms with Crippen molar-refractivity contribution in [3.8, 4) is 0 Å². The van der Waals surface area contributed by atoms with Crippen LogP contribution in [0.2, 0.25) is 0 Å². The molecule has 0 spiro atoms. The highest BCUT2D eigenvalue weighted by molar-refractivity contribution is 5.79. The van der Waals surface area contributed by atoms with Gasteiger partial charge in [-0.2, -0.15) is 0 Å². The van der Waals surface area contributed by atoms with Crippen molar-refractivity contribution >= 4 is 5.91 Å². The first kappa shape index (κ1) is 7.50. The van der Waals surface area contributed by atoms with Gasteiger partial charge in [0.2, 0.25) is 5.91 Å². The van der Waals surface area contributed by atoms with Gasteiger partial charge in [-0.1, -0.05) is 0 Å². The number of rotatable bonds is 2. The van der Waals surface area contributed by atoms with Crippen molar-refractivity contribution in [3.63, 3.8) is 0 Å². The van der Waals surface area contributed by atoms with Crippen molar-refractivity contribution in [2.45, 2.75) is 25.0 Å². The Balaban J connectivity index is 2.35. The van der Waals surface area contributed by atoms with Crippen LogP contribution in [0.15, 0.2) is 0 Å². The van der Waals surface area contributed by atoms with E-state index in [0.29, 0.717) is 6.42 Å². The van der Waals surface area contributed by atoms with Crippen LogP contribution in [0.4, 0.5) is 0 Å². The number of aliphatic hydroxyl groups excluding tert-OH is 1. The summed E-state index contributed by atoms with van der Waals surface area (Å²) in [5, 5.41) is 8.59. The second-order valence-corrected chi connectivity index (χ2v) is 2.41. The van der Waals surface area contributed by atoms with Crippen LogP contribution in [-0.2, 0) is 9.53 Å². The molecule has 1 fully saturated rings. The summed E-state index contributed by atoms with van der Waals surface area (Å²) in [6.45, 7) is -0.0240. The number of nitrogens with two attached hydrogens (primary N) is 1. The van der Waals surface area contributed by atoms with Crippen molar-refractivity contribution < 1.29 is 14.6 Å². The van der Waals surface area contributed by atoms with E-state index in [4.69, 9.17) is 15.6 Å². The Morgan fingerprint density at radius 3 is 2.70 bits per heavy atom. The summed E-state index contributed by atoms with van der Waals surface area (Å²) in [6, 6.07) is 0. The van der Waals surface area contributed by atoms with Crippen LogP contribution in [0.5, 0.6) is 0 Å². The molecule has 0 aromatic carbocycles. The Morgan fingerprint density at radius 2 is 2.40 bits per heavy atom. The van der Waals surface area contributed by atoms with Gasteiger partial charge in [-0.05, 0) is 12.8 Å². The van der Waals surface area contributed by atoms with E-state index in [2.05, 4.69) is 0 Å². The van der Waals surface area contributed by atoms with Gasteiger partial charge >= 0.3 is 0 Å². The molecule has 1 heterocycles. The molecule has 0 aromatic heterocycles. The first-order chi connectivity index (χ1) is 4.74. The number of ether oxygens (including phenoxy) is 1. The van der Waals surface area contributed by atoms with Gasteiger partial charge < -0.3 is 15.6 Å². The van der Waals surface area contributed by atoms with Gasteiger partial charge in [-0.25, -0.2) is 0 Å². The van der Waals surface area contributed by atoms with Crippen LogP contribution in [-0.4, -0.2) is 29.8 Å². The molecular formula is C6H11NO3. The number of hydrogen-bond donors (Lipinski definition) is 2. The summed E-state index contributed by atoms with van der Waals surface area (Å²) < 4.78 is 5.05. The van der Waals surface area contributed by atoms with Gasteiger partial charge in [0, 0.05) is 0 Å². The molecule has 10 heavy (non-hydrogen) atoms. The molecule has 4 heteroatoms. The molecule has 3 N–H and O–H groups in total. The highest BCUT2D eigenvalue weighted by Gasteiger charge is 2.28. The third kappa shape index (κ3) is 1.46. The van der Waals surface area contributed by atoms with E-state index in [0.717, 1.165) is 6.42 Å². The zero-order valence-corrected chi connectivity index (χ0v) is 5.62. The van der Waals surface area contributed by atoms with Crippen molar-refractivity contribution in [1.29, 1.82) is 0 Å². The molecule has 0 radical (unpaired) electrons. The predicted molar refractivity (Wildman–Crippen MR) is 34.2 cm³/mol. The van der Waals surface area contributed by atoms with Gasteiger partial charge in [-0.15, -0.1) is 0 Å². The van der Waals surface area contributed by atoms with Gasteiger partial charge in [-0.3, -0.25) is 4.79 Å². The van der Waals surface area contributed by atoms with Crippen LogP contribution in [0.3, 0.4) is 0 Å². The smallest absolute Gasteiger partial charge is 0.246 e. The van der Waals surface area contributed by atoms with Crippen LogP contribution >= 0.6 is 0 Å². The summed E-state index contributed by atoms with van der Waals surface area (Å²) in [5.74, 6) is -0.434. The minimum Gasteiger partial charge on any atom is -0.394 e. The van der Waals surface area contributed by atoms with Gasteiger partial charge in [0.15, 0.2) is 0 Å².